The van der Waals surface area contributed by atoms with Crippen LogP contribution in [0.3, 0.4) is 0 Å². The van der Waals surface area contributed by atoms with Gasteiger partial charge < -0.3 is 14.5 Å². The summed E-state index contributed by atoms with van der Waals surface area (Å²) in [7, 11) is -1.91. The van der Waals surface area contributed by atoms with Crippen molar-refractivity contribution in [2.24, 2.45) is 0 Å². The number of benzene rings is 2. The van der Waals surface area contributed by atoms with Crippen molar-refractivity contribution in [2.75, 3.05) is 42.8 Å². The first-order valence-corrected chi connectivity index (χ1v) is 9.94. The molecule has 0 spiro atoms. The van der Waals surface area contributed by atoms with Crippen molar-refractivity contribution in [2.45, 2.75) is 11.5 Å². The van der Waals surface area contributed by atoms with E-state index in [0.717, 1.165) is 31.9 Å². The predicted octanol–water partition coefficient (Wildman–Crippen LogP) is 3.26. The second-order valence-corrected chi connectivity index (χ2v) is 7.95. The molecule has 1 heterocycles. The van der Waals surface area contributed by atoms with Gasteiger partial charge in [-0.1, -0.05) is 18.2 Å². The summed E-state index contributed by atoms with van der Waals surface area (Å²) in [6.45, 7) is 0.356. The maximum atomic E-state index is 12.7. The molecule has 0 radical (unpaired) electrons. The van der Waals surface area contributed by atoms with Crippen LogP contribution in [-0.2, 0) is 10.0 Å². The first kappa shape index (κ1) is 22.2. The molecule has 1 aliphatic heterocycles. The summed E-state index contributed by atoms with van der Waals surface area (Å²) in [5, 5.41) is 0. The highest BCUT2D eigenvalue weighted by atomic mass is 35.5. The molecule has 1 fully saturated rings. The Morgan fingerprint density at radius 1 is 1.04 bits per heavy atom. The molecular formula is C18H22ClF2N3O3S. The van der Waals surface area contributed by atoms with E-state index in [0.29, 0.717) is 0 Å². The van der Waals surface area contributed by atoms with Crippen molar-refractivity contribution in [3.63, 3.8) is 0 Å². The molecule has 1 saturated heterocycles. The van der Waals surface area contributed by atoms with Crippen LogP contribution >= 0.6 is 12.4 Å². The molecule has 1 N–H and O–H groups in total. The molecule has 0 aromatic heterocycles. The zero-order chi connectivity index (χ0) is 19.4. The van der Waals surface area contributed by atoms with Gasteiger partial charge in [0.1, 0.15) is 5.75 Å². The van der Waals surface area contributed by atoms with Crippen LogP contribution in [-0.4, -0.2) is 53.2 Å². The van der Waals surface area contributed by atoms with Crippen LogP contribution in [0.25, 0.3) is 0 Å². The third-order valence-corrected chi connectivity index (χ3v) is 5.71. The number of piperazine rings is 1. The van der Waals surface area contributed by atoms with E-state index >= 15 is 0 Å². The van der Waals surface area contributed by atoms with Crippen LogP contribution in [0.4, 0.5) is 20.2 Å². The average Bonchev–Trinajstić information content (AvgIpc) is 2.63. The second-order valence-electron chi connectivity index (χ2n) is 6.27. The van der Waals surface area contributed by atoms with Gasteiger partial charge in [0.25, 0.3) is 10.0 Å². The molecule has 0 unspecified atom stereocenters. The molecule has 0 aliphatic carbocycles. The average molecular weight is 434 g/mol. The maximum absolute atomic E-state index is 12.7. The summed E-state index contributed by atoms with van der Waals surface area (Å²) in [5.41, 5.74) is 0.769. The number of alkyl halides is 2. The van der Waals surface area contributed by atoms with Crippen molar-refractivity contribution in [1.29, 1.82) is 0 Å². The highest BCUT2D eigenvalue weighted by Gasteiger charge is 2.20. The summed E-state index contributed by atoms with van der Waals surface area (Å²) < 4.78 is 57.3. The minimum absolute atomic E-state index is 0. The van der Waals surface area contributed by atoms with Gasteiger partial charge >= 0.3 is 6.61 Å². The Hall–Kier alpha value is -2.10. The molecule has 2 aromatic carbocycles. The van der Waals surface area contributed by atoms with E-state index < -0.39 is 16.6 Å². The summed E-state index contributed by atoms with van der Waals surface area (Å²) in [6.07, 6.45) is 0. The van der Waals surface area contributed by atoms with E-state index in [2.05, 4.69) is 19.3 Å². The minimum atomic E-state index is -3.96. The van der Waals surface area contributed by atoms with E-state index in [1.54, 1.807) is 12.1 Å². The van der Waals surface area contributed by atoms with Crippen LogP contribution in [0.15, 0.2) is 53.4 Å². The number of para-hydroxylation sites is 2. The predicted molar refractivity (Wildman–Crippen MR) is 107 cm³/mol. The van der Waals surface area contributed by atoms with Gasteiger partial charge in [0.05, 0.1) is 10.6 Å². The normalized spacial score (nSPS) is 15.2. The van der Waals surface area contributed by atoms with Crippen LogP contribution in [0.5, 0.6) is 5.75 Å². The standard InChI is InChI=1S/C18H21F2N3O3S.ClH/c1-22-9-11-23(12-10-22)14-5-4-6-15(13-14)27(24,25)21-16-7-2-3-8-17(16)26-18(19)20;/h2-8,13,18,21H,9-12H2,1H3;1H. The Balaban J connectivity index is 0.00000280. The molecule has 0 amide bonds. The lowest BCUT2D eigenvalue weighted by molar-refractivity contribution is -0.0493. The fourth-order valence-corrected chi connectivity index (χ4v) is 3.98. The number of nitrogens with one attached hydrogen (secondary N) is 1. The Bertz CT molecular complexity index is 891. The van der Waals surface area contributed by atoms with Gasteiger partial charge in [-0.2, -0.15) is 8.78 Å². The van der Waals surface area contributed by atoms with Gasteiger partial charge in [0.2, 0.25) is 0 Å². The molecular weight excluding hydrogens is 412 g/mol. The van der Waals surface area contributed by atoms with Crippen molar-refractivity contribution in [3.8, 4) is 5.75 Å². The van der Waals surface area contributed by atoms with Crippen LogP contribution in [0.2, 0.25) is 0 Å². The highest BCUT2D eigenvalue weighted by molar-refractivity contribution is 7.92. The molecule has 1 aliphatic rings. The number of hydrogen-bond donors (Lipinski definition) is 1. The minimum Gasteiger partial charge on any atom is -0.433 e. The molecule has 10 heteroatoms. The topological polar surface area (TPSA) is 61.9 Å². The summed E-state index contributed by atoms with van der Waals surface area (Å²) in [4.78, 5) is 4.39. The smallest absolute Gasteiger partial charge is 0.387 e. The SMILES string of the molecule is CN1CCN(c2cccc(S(=O)(=O)Nc3ccccc3OC(F)F)c2)CC1.Cl. The van der Waals surface area contributed by atoms with Gasteiger partial charge in [-0.25, -0.2) is 8.42 Å². The number of rotatable bonds is 6. The second kappa shape index (κ2) is 9.40. The number of sulfonamides is 1. The zero-order valence-electron chi connectivity index (χ0n) is 15.2. The Labute approximate surface area is 169 Å². The summed E-state index contributed by atoms with van der Waals surface area (Å²) in [6, 6.07) is 12.3. The van der Waals surface area contributed by atoms with Gasteiger partial charge in [0, 0.05) is 31.9 Å². The molecule has 2 aromatic rings. The fraction of sp³-hybridized carbons (Fsp3) is 0.333. The van der Waals surface area contributed by atoms with Gasteiger partial charge in [-0.05, 0) is 37.4 Å². The van der Waals surface area contributed by atoms with Crippen molar-refractivity contribution in [3.05, 3.63) is 48.5 Å². The van der Waals surface area contributed by atoms with E-state index in [1.807, 2.05) is 13.1 Å². The Morgan fingerprint density at radius 2 is 1.71 bits per heavy atom. The van der Waals surface area contributed by atoms with E-state index in [1.165, 1.54) is 30.3 Å². The summed E-state index contributed by atoms with van der Waals surface area (Å²) in [5.74, 6) is -0.230. The number of halogens is 3. The monoisotopic (exact) mass is 433 g/mol. The van der Waals surface area contributed by atoms with E-state index in [4.69, 9.17) is 0 Å². The quantitative estimate of drug-likeness (QED) is 0.757. The number of hydrogen-bond acceptors (Lipinski definition) is 5. The van der Waals surface area contributed by atoms with E-state index in [-0.39, 0.29) is 28.7 Å². The molecule has 28 heavy (non-hydrogen) atoms. The maximum Gasteiger partial charge on any atom is 0.387 e. The number of anilines is 2. The van der Waals surface area contributed by atoms with Gasteiger partial charge in [-0.3, -0.25) is 4.72 Å². The van der Waals surface area contributed by atoms with Crippen molar-refractivity contribution >= 4 is 33.8 Å². The lowest BCUT2D eigenvalue weighted by atomic mass is 10.2. The van der Waals surface area contributed by atoms with Crippen molar-refractivity contribution in [1.82, 2.24) is 4.90 Å². The van der Waals surface area contributed by atoms with Gasteiger partial charge in [-0.15, -0.1) is 12.4 Å². The third-order valence-electron chi connectivity index (χ3n) is 4.34. The molecule has 0 atom stereocenters. The number of likely N-dealkylation sites (N-methyl/N-ethyl adjacent to an activating group) is 1. The van der Waals surface area contributed by atoms with Crippen LogP contribution in [0, 0.1) is 0 Å². The molecule has 0 saturated carbocycles. The zero-order valence-corrected chi connectivity index (χ0v) is 16.8. The first-order valence-electron chi connectivity index (χ1n) is 8.45. The van der Waals surface area contributed by atoms with Gasteiger partial charge in [0.15, 0.2) is 0 Å². The highest BCUT2D eigenvalue weighted by Crippen LogP contribution is 2.29. The number of ether oxygens (including phenoxy) is 1. The van der Waals surface area contributed by atoms with Crippen LogP contribution < -0.4 is 14.4 Å². The third kappa shape index (κ3) is 5.46. The fourth-order valence-electron chi connectivity index (χ4n) is 2.87. The van der Waals surface area contributed by atoms with E-state index in [9.17, 15) is 17.2 Å². The lowest BCUT2D eigenvalue weighted by Gasteiger charge is -2.34. The molecule has 6 nitrogen and oxygen atoms in total. The number of nitrogens with zero attached hydrogens (tertiary/aromatic N) is 2. The Morgan fingerprint density at radius 3 is 2.39 bits per heavy atom. The molecule has 154 valence electrons. The van der Waals surface area contributed by atoms with Crippen LogP contribution in [0.1, 0.15) is 0 Å². The molecule has 0 bridgehead atoms. The largest absolute Gasteiger partial charge is 0.433 e. The Kier molecular flexibility index (Phi) is 7.45. The molecule has 3 rings (SSSR count). The summed E-state index contributed by atoms with van der Waals surface area (Å²) >= 11 is 0. The lowest BCUT2D eigenvalue weighted by Crippen LogP contribution is -2.44. The first-order chi connectivity index (χ1) is 12.8. The van der Waals surface area contributed by atoms with Crippen molar-refractivity contribution < 1.29 is 21.9 Å².